The monoisotopic (exact) mass is 235 g/mol. The molecule has 0 radical (unpaired) electrons. The third-order valence-electron chi connectivity index (χ3n) is 3.76. The van der Waals surface area contributed by atoms with Crippen LogP contribution in [0.3, 0.4) is 0 Å². The lowest BCUT2D eigenvalue weighted by molar-refractivity contribution is 0.139. The second-order valence-electron chi connectivity index (χ2n) is 6.40. The Bertz CT molecular complexity index is 347. The van der Waals surface area contributed by atoms with Crippen LogP contribution in [0, 0.1) is 0 Å². The highest BCUT2D eigenvalue weighted by molar-refractivity contribution is 5.60. The standard InChI is InChI=1S/C14H25N3/c1-11(2)16-8-12-9-17(14(3,4)5)7-6-13(12)15-10-16/h10-11H,6-9H2,1-5H3. The lowest BCUT2D eigenvalue weighted by Gasteiger charge is -2.42. The third kappa shape index (κ3) is 2.71. The van der Waals surface area contributed by atoms with Gasteiger partial charge in [-0.3, -0.25) is 4.90 Å². The molecule has 0 aromatic rings. The van der Waals surface area contributed by atoms with E-state index in [0.717, 1.165) is 26.1 Å². The fourth-order valence-electron chi connectivity index (χ4n) is 2.41. The smallest absolute Gasteiger partial charge is 0.0913 e. The number of aliphatic imine (C=N–C) groups is 1. The van der Waals surface area contributed by atoms with Gasteiger partial charge in [-0.05, 0) is 40.2 Å². The first-order chi connectivity index (χ1) is 7.88. The summed E-state index contributed by atoms with van der Waals surface area (Å²) in [5.41, 5.74) is 3.12. The van der Waals surface area contributed by atoms with Crippen LogP contribution in [0.15, 0.2) is 16.3 Å². The van der Waals surface area contributed by atoms with Gasteiger partial charge in [-0.1, -0.05) is 0 Å². The highest BCUT2D eigenvalue weighted by atomic mass is 15.2. The minimum absolute atomic E-state index is 0.266. The van der Waals surface area contributed by atoms with Gasteiger partial charge in [0.15, 0.2) is 0 Å². The highest BCUT2D eigenvalue weighted by Gasteiger charge is 2.29. The molecular formula is C14H25N3. The molecule has 3 heteroatoms. The molecule has 2 rings (SSSR count). The van der Waals surface area contributed by atoms with E-state index >= 15 is 0 Å². The van der Waals surface area contributed by atoms with Gasteiger partial charge in [-0.15, -0.1) is 0 Å². The molecule has 96 valence electrons. The molecule has 0 saturated heterocycles. The highest BCUT2D eigenvalue weighted by Crippen LogP contribution is 2.27. The molecule has 0 fully saturated rings. The van der Waals surface area contributed by atoms with Crippen LogP contribution in [-0.2, 0) is 0 Å². The Morgan fingerprint density at radius 3 is 2.53 bits per heavy atom. The molecule has 0 unspecified atom stereocenters. The molecular weight excluding hydrogens is 210 g/mol. The molecule has 17 heavy (non-hydrogen) atoms. The van der Waals surface area contributed by atoms with Crippen LogP contribution in [0.2, 0.25) is 0 Å². The third-order valence-corrected chi connectivity index (χ3v) is 3.76. The largest absolute Gasteiger partial charge is 0.356 e. The van der Waals surface area contributed by atoms with Crippen molar-refractivity contribution < 1.29 is 0 Å². The van der Waals surface area contributed by atoms with Crippen molar-refractivity contribution in [1.82, 2.24) is 9.80 Å². The zero-order valence-corrected chi connectivity index (χ0v) is 11.8. The maximum absolute atomic E-state index is 4.62. The van der Waals surface area contributed by atoms with Crippen LogP contribution in [0.4, 0.5) is 0 Å². The van der Waals surface area contributed by atoms with E-state index in [9.17, 15) is 0 Å². The van der Waals surface area contributed by atoms with E-state index < -0.39 is 0 Å². The molecule has 2 aliphatic heterocycles. The molecule has 0 amide bonds. The van der Waals surface area contributed by atoms with Crippen molar-refractivity contribution in [3.8, 4) is 0 Å². The molecule has 0 bridgehead atoms. The topological polar surface area (TPSA) is 18.8 Å². The van der Waals surface area contributed by atoms with Crippen molar-refractivity contribution in [2.75, 3.05) is 19.6 Å². The quantitative estimate of drug-likeness (QED) is 0.695. The lowest BCUT2D eigenvalue weighted by atomic mass is 9.97. The molecule has 0 N–H and O–H groups in total. The van der Waals surface area contributed by atoms with E-state index in [2.05, 4.69) is 49.4 Å². The summed E-state index contributed by atoms with van der Waals surface area (Å²) in [6.45, 7) is 14.6. The van der Waals surface area contributed by atoms with Crippen LogP contribution in [0.25, 0.3) is 0 Å². The number of hydrogen-bond donors (Lipinski definition) is 0. The van der Waals surface area contributed by atoms with Crippen molar-refractivity contribution >= 4 is 6.34 Å². The van der Waals surface area contributed by atoms with Crippen LogP contribution < -0.4 is 0 Å². The Hall–Kier alpha value is -0.830. The first-order valence-electron chi connectivity index (χ1n) is 6.64. The van der Waals surface area contributed by atoms with E-state index in [0.29, 0.717) is 6.04 Å². The van der Waals surface area contributed by atoms with E-state index in [1.54, 1.807) is 0 Å². The van der Waals surface area contributed by atoms with Crippen LogP contribution in [0.5, 0.6) is 0 Å². The first kappa shape index (κ1) is 12.6. The van der Waals surface area contributed by atoms with Crippen molar-refractivity contribution in [2.24, 2.45) is 4.99 Å². The summed E-state index contributed by atoms with van der Waals surface area (Å²) in [6.07, 6.45) is 3.13. The molecule has 2 heterocycles. The number of rotatable bonds is 1. The molecule has 3 nitrogen and oxygen atoms in total. The van der Waals surface area contributed by atoms with Gasteiger partial charge in [0.05, 0.1) is 6.34 Å². The van der Waals surface area contributed by atoms with Crippen molar-refractivity contribution in [3.63, 3.8) is 0 Å². The van der Waals surface area contributed by atoms with Gasteiger partial charge in [0.2, 0.25) is 0 Å². The van der Waals surface area contributed by atoms with E-state index in [4.69, 9.17) is 0 Å². The zero-order valence-electron chi connectivity index (χ0n) is 11.8. The van der Waals surface area contributed by atoms with Gasteiger partial charge >= 0.3 is 0 Å². The van der Waals surface area contributed by atoms with Gasteiger partial charge in [0.1, 0.15) is 0 Å². The van der Waals surface area contributed by atoms with Gasteiger partial charge in [0.25, 0.3) is 0 Å². The normalized spacial score (nSPS) is 22.4. The molecule has 0 atom stereocenters. The maximum atomic E-state index is 4.62. The molecule has 0 aromatic carbocycles. The Morgan fingerprint density at radius 2 is 1.94 bits per heavy atom. The second kappa shape index (κ2) is 4.45. The summed E-state index contributed by atoms with van der Waals surface area (Å²) in [6, 6.07) is 0.540. The predicted molar refractivity (Wildman–Crippen MR) is 73.3 cm³/mol. The maximum Gasteiger partial charge on any atom is 0.0913 e. The molecule has 0 saturated carbocycles. The van der Waals surface area contributed by atoms with Crippen LogP contribution >= 0.6 is 0 Å². The zero-order chi connectivity index (χ0) is 12.6. The second-order valence-corrected chi connectivity index (χ2v) is 6.40. The lowest BCUT2D eigenvalue weighted by Crippen LogP contribution is -2.48. The van der Waals surface area contributed by atoms with E-state index in [1.165, 1.54) is 11.3 Å². The van der Waals surface area contributed by atoms with Gasteiger partial charge in [0, 0.05) is 43.3 Å². The Kier molecular flexibility index (Phi) is 3.30. The summed E-state index contributed by atoms with van der Waals surface area (Å²) >= 11 is 0. The SMILES string of the molecule is CC(C)N1C=NC2=C(C1)CN(C(C)(C)C)CC2. The molecule has 0 aromatic heterocycles. The summed E-state index contributed by atoms with van der Waals surface area (Å²) in [7, 11) is 0. The Labute approximate surface area is 105 Å². The van der Waals surface area contributed by atoms with Gasteiger partial charge in [-0.25, -0.2) is 4.99 Å². The Morgan fingerprint density at radius 1 is 1.24 bits per heavy atom. The Balaban J connectivity index is 2.10. The average molecular weight is 235 g/mol. The minimum Gasteiger partial charge on any atom is -0.356 e. The number of hydrogen-bond acceptors (Lipinski definition) is 3. The van der Waals surface area contributed by atoms with Crippen LogP contribution in [0.1, 0.15) is 41.0 Å². The van der Waals surface area contributed by atoms with E-state index in [-0.39, 0.29) is 5.54 Å². The fourth-order valence-corrected chi connectivity index (χ4v) is 2.41. The summed E-state index contributed by atoms with van der Waals surface area (Å²) < 4.78 is 0. The van der Waals surface area contributed by atoms with E-state index in [1.807, 2.05) is 6.34 Å². The molecule has 2 aliphatic rings. The predicted octanol–water partition coefficient (Wildman–Crippen LogP) is 2.50. The van der Waals surface area contributed by atoms with Gasteiger partial charge in [-0.2, -0.15) is 0 Å². The number of nitrogens with zero attached hydrogens (tertiary/aromatic N) is 3. The van der Waals surface area contributed by atoms with Crippen LogP contribution in [-0.4, -0.2) is 47.4 Å². The summed E-state index contributed by atoms with van der Waals surface area (Å²) in [4.78, 5) is 9.51. The molecule has 0 spiro atoms. The average Bonchev–Trinajstić information content (AvgIpc) is 2.26. The summed E-state index contributed by atoms with van der Waals surface area (Å²) in [5.74, 6) is 0. The fraction of sp³-hybridized carbons (Fsp3) is 0.786. The summed E-state index contributed by atoms with van der Waals surface area (Å²) in [5, 5.41) is 0. The van der Waals surface area contributed by atoms with Crippen molar-refractivity contribution in [2.45, 2.75) is 52.6 Å². The van der Waals surface area contributed by atoms with Crippen molar-refractivity contribution in [1.29, 1.82) is 0 Å². The molecule has 0 aliphatic carbocycles. The first-order valence-corrected chi connectivity index (χ1v) is 6.64. The van der Waals surface area contributed by atoms with Crippen molar-refractivity contribution in [3.05, 3.63) is 11.3 Å². The van der Waals surface area contributed by atoms with Gasteiger partial charge < -0.3 is 4.90 Å². The minimum atomic E-state index is 0.266.